The van der Waals surface area contributed by atoms with Crippen molar-refractivity contribution < 1.29 is 9.53 Å². The number of hydrogen-bond acceptors (Lipinski definition) is 8. The van der Waals surface area contributed by atoms with E-state index in [9.17, 15) is 9.59 Å². The van der Waals surface area contributed by atoms with E-state index in [2.05, 4.69) is 21.8 Å². The Morgan fingerprint density at radius 1 is 1.29 bits per heavy atom. The molecule has 1 aliphatic heterocycles. The van der Waals surface area contributed by atoms with Gasteiger partial charge in [0.25, 0.3) is 5.91 Å². The van der Waals surface area contributed by atoms with Gasteiger partial charge < -0.3 is 15.0 Å². The smallest absolute Gasteiger partial charge is 0.258 e. The first-order valence-corrected chi connectivity index (χ1v) is 12.9. The molecule has 5 rings (SSSR count). The number of anilines is 1. The van der Waals surface area contributed by atoms with Gasteiger partial charge >= 0.3 is 0 Å². The number of aryl methyl sites for hydroxylation is 1. The van der Waals surface area contributed by atoms with Gasteiger partial charge in [0.2, 0.25) is 5.43 Å². The van der Waals surface area contributed by atoms with Crippen LogP contribution in [0.1, 0.15) is 37.7 Å². The van der Waals surface area contributed by atoms with Gasteiger partial charge in [-0.2, -0.15) is 0 Å². The summed E-state index contributed by atoms with van der Waals surface area (Å²) in [5.74, 6) is 0.367. The molecule has 0 spiro atoms. The number of thiazole rings is 2. The number of ether oxygens (including phenoxy) is 1. The Labute approximate surface area is 210 Å². The normalized spacial score (nSPS) is 14.3. The molecule has 1 N–H and O–H groups in total. The summed E-state index contributed by atoms with van der Waals surface area (Å²) in [4.78, 5) is 40.7. The third-order valence-electron chi connectivity index (χ3n) is 5.83. The Hall–Kier alpha value is -3.34. The molecule has 0 atom stereocenters. The third kappa shape index (κ3) is 4.29. The minimum absolute atomic E-state index is 0.114. The number of fused-ring (bicyclic) bond motifs is 3. The van der Waals surface area contributed by atoms with Gasteiger partial charge in [-0.1, -0.05) is 12.7 Å². The van der Waals surface area contributed by atoms with Crippen LogP contribution in [0.3, 0.4) is 0 Å². The van der Waals surface area contributed by atoms with Gasteiger partial charge in [0.05, 0.1) is 40.7 Å². The average Bonchev–Trinajstić information content (AvgIpc) is 3.46. The predicted octanol–water partition coefficient (Wildman–Crippen LogP) is 4.12. The molecule has 1 fully saturated rings. The molecule has 1 saturated heterocycles. The molecule has 0 radical (unpaired) electrons. The third-order valence-corrected chi connectivity index (χ3v) is 7.91. The number of carbonyl (C=O) groups excluding carboxylic acids is 1. The number of pyridine rings is 2. The van der Waals surface area contributed by atoms with Gasteiger partial charge in [0.1, 0.15) is 16.2 Å². The second kappa shape index (κ2) is 9.73. The Morgan fingerprint density at radius 3 is 2.77 bits per heavy atom. The van der Waals surface area contributed by atoms with Crippen molar-refractivity contribution in [1.82, 2.24) is 19.7 Å². The van der Waals surface area contributed by atoms with Gasteiger partial charge in [-0.3, -0.25) is 14.0 Å². The standard InChI is InChI=1S/C25H25N5O3S2/c1-4-6-18-19(5-2)35-25-21(24(32)27-14-16-13-26-15(3)34-16)22(31)17-7-8-20(28-23(17)30(18)25)29-9-11-33-12-10-29/h4-8,13H,2,9-12,14H2,1,3H3,(H,27,32)/b6-4-. The molecule has 4 aromatic rings. The summed E-state index contributed by atoms with van der Waals surface area (Å²) in [7, 11) is 0. The maximum absolute atomic E-state index is 13.7. The van der Waals surface area contributed by atoms with Crippen LogP contribution in [0.25, 0.3) is 28.0 Å². The number of allylic oxidation sites excluding steroid dienone is 1. The highest BCUT2D eigenvalue weighted by Gasteiger charge is 2.24. The number of aromatic nitrogens is 3. The maximum Gasteiger partial charge on any atom is 0.258 e. The average molecular weight is 508 g/mol. The van der Waals surface area contributed by atoms with Crippen LogP contribution in [0, 0.1) is 6.92 Å². The number of nitrogens with zero attached hydrogens (tertiary/aromatic N) is 4. The molecule has 0 saturated carbocycles. The van der Waals surface area contributed by atoms with Gasteiger partial charge in [0.15, 0.2) is 5.65 Å². The summed E-state index contributed by atoms with van der Waals surface area (Å²) in [5, 5.41) is 4.23. The van der Waals surface area contributed by atoms with E-state index in [1.165, 1.54) is 22.7 Å². The van der Waals surface area contributed by atoms with Gasteiger partial charge in [0, 0.05) is 24.2 Å². The van der Waals surface area contributed by atoms with Crippen molar-refractivity contribution in [2.45, 2.75) is 20.4 Å². The molecule has 0 aliphatic carbocycles. The number of amides is 1. The number of hydrogen-bond donors (Lipinski definition) is 1. The van der Waals surface area contributed by atoms with Crippen molar-refractivity contribution in [1.29, 1.82) is 0 Å². The van der Waals surface area contributed by atoms with Crippen LogP contribution in [0.2, 0.25) is 0 Å². The second-order valence-electron chi connectivity index (χ2n) is 8.07. The molecule has 5 heterocycles. The molecule has 0 bridgehead atoms. The lowest BCUT2D eigenvalue weighted by Gasteiger charge is -2.28. The summed E-state index contributed by atoms with van der Waals surface area (Å²) < 4.78 is 7.39. The van der Waals surface area contributed by atoms with Crippen LogP contribution in [-0.4, -0.2) is 46.6 Å². The van der Waals surface area contributed by atoms with E-state index in [1.807, 2.05) is 36.5 Å². The van der Waals surface area contributed by atoms with Crippen molar-refractivity contribution in [3.8, 4) is 0 Å². The Bertz CT molecular complexity index is 1530. The van der Waals surface area contributed by atoms with Crippen molar-refractivity contribution in [2.24, 2.45) is 0 Å². The lowest BCUT2D eigenvalue weighted by molar-refractivity contribution is 0.0952. The topological polar surface area (TPSA) is 88.8 Å². The maximum atomic E-state index is 13.7. The van der Waals surface area contributed by atoms with Crippen LogP contribution in [0.15, 0.2) is 35.8 Å². The zero-order chi connectivity index (χ0) is 24.5. The fraction of sp³-hybridized carbons (Fsp3) is 0.280. The SMILES string of the molecule is C=Cc1sc2c(C(=O)NCc3cnc(C)s3)c(=O)c3ccc(N4CCOCC4)nc3n2c1/C=C\C. The minimum Gasteiger partial charge on any atom is -0.378 e. The molecule has 4 aromatic heterocycles. The predicted molar refractivity (Wildman–Crippen MR) is 143 cm³/mol. The lowest BCUT2D eigenvalue weighted by atomic mass is 10.1. The van der Waals surface area contributed by atoms with E-state index in [-0.39, 0.29) is 11.0 Å². The van der Waals surface area contributed by atoms with Crippen molar-refractivity contribution >= 4 is 62.4 Å². The quantitative estimate of drug-likeness (QED) is 0.422. The number of carbonyl (C=O) groups is 1. The van der Waals surface area contributed by atoms with Crippen molar-refractivity contribution in [3.05, 3.63) is 67.2 Å². The monoisotopic (exact) mass is 507 g/mol. The number of morpholine rings is 1. The molecule has 180 valence electrons. The largest absolute Gasteiger partial charge is 0.378 e. The fourth-order valence-electron chi connectivity index (χ4n) is 4.19. The summed E-state index contributed by atoms with van der Waals surface area (Å²) in [6.45, 7) is 10.8. The summed E-state index contributed by atoms with van der Waals surface area (Å²) in [6.07, 6.45) is 7.37. The molecular formula is C25H25N5O3S2. The van der Waals surface area contributed by atoms with E-state index in [1.54, 1.807) is 18.3 Å². The first kappa shape index (κ1) is 23.4. The zero-order valence-electron chi connectivity index (χ0n) is 19.5. The van der Waals surface area contributed by atoms with Gasteiger partial charge in [-0.05, 0) is 38.1 Å². The molecule has 8 nitrogen and oxygen atoms in total. The van der Waals surface area contributed by atoms with Crippen LogP contribution >= 0.6 is 22.7 Å². The summed E-state index contributed by atoms with van der Waals surface area (Å²) in [6, 6.07) is 3.62. The molecule has 0 aromatic carbocycles. The molecule has 1 aliphatic rings. The number of nitrogens with one attached hydrogen (secondary N) is 1. The molecular weight excluding hydrogens is 482 g/mol. The van der Waals surface area contributed by atoms with Gasteiger partial charge in [-0.25, -0.2) is 9.97 Å². The van der Waals surface area contributed by atoms with E-state index < -0.39 is 5.91 Å². The number of rotatable bonds is 6. The molecule has 0 unspecified atom stereocenters. The van der Waals surface area contributed by atoms with E-state index in [0.29, 0.717) is 35.6 Å². The second-order valence-corrected chi connectivity index (χ2v) is 10.4. The Kier molecular flexibility index (Phi) is 6.50. The van der Waals surface area contributed by atoms with Crippen LogP contribution in [0.5, 0.6) is 0 Å². The minimum atomic E-state index is -0.415. The highest BCUT2D eigenvalue weighted by Crippen LogP contribution is 2.31. The van der Waals surface area contributed by atoms with Crippen molar-refractivity contribution in [3.63, 3.8) is 0 Å². The fourth-order valence-corrected chi connectivity index (χ4v) is 6.04. The van der Waals surface area contributed by atoms with E-state index in [4.69, 9.17) is 9.72 Å². The molecule has 1 amide bonds. The molecule has 35 heavy (non-hydrogen) atoms. The van der Waals surface area contributed by atoms with E-state index in [0.717, 1.165) is 39.4 Å². The molecule has 10 heteroatoms. The Balaban J connectivity index is 1.71. The highest BCUT2D eigenvalue weighted by molar-refractivity contribution is 7.19. The van der Waals surface area contributed by atoms with Crippen LogP contribution in [-0.2, 0) is 11.3 Å². The highest BCUT2D eigenvalue weighted by atomic mass is 32.1. The van der Waals surface area contributed by atoms with Crippen LogP contribution in [0.4, 0.5) is 5.82 Å². The van der Waals surface area contributed by atoms with E-state index >= 15 is 0 Å². The Morgan fingerprint density at radius 2 is 2.09 bits per heavy atom. The summed E-state index contributed by atoms with van der Waals surface area (Å²) >= 11 is 2.88. The zero-order valence-corrected chi connectivity index (χ0v) is 21.2. The first-order valence-electron chi connectivity index (χ1n) is 11.3. The van der Waals surface area contributed by atoms with Gasteiger partial charge in [-0.15, -0.1) is 22.7 Å². The van der Waals surface area contributed by atoms with Crippen LogP contribution < -0.4 is 15.6 Å². The summed E-state index contributed by atoms with van der Waals surface area (Å²) in [5.41, 5.74) is 1.15. The lowest BCUT2D eigenvalue weighted by Crippen LogP contribution is -2.36. The first-order chi connectivity index (χ1) is 17.0. The van der Waals surface area contributed by atoms with Crippen molar-refractivity contribution in [2.75, 3.05) is 31.2 Å².